The van der Waals surface area contributed by atoms with E-state index in [2.05, 4.69) is 105 Å². The fourth-order valence-corrected chi connectivity index (χ4v) is 17.0. The molecule has 2 aromatic carbocycles. The maximum absolute atomic E-state index is 13.2. The second-order valence-electron chi connectivity index (χ2n) is 33.3. The van der Waals surface area contributed by atoms with E-state index in [1.807, 2.05) is 27.7 Å². The van der Waals surface area contributed by atoms with E-state index in [0.29, 0.717) is 36.5 Å². The molecular formula is C85H142N2O10S. The second-order valence-corrected chi connectivity index (χ2v) is 34.6. The number of esters is 4. The molecule has 0 saturated carbocycles. The number of nitrogens with zero attached hydrogens (tertiary/aromatic N) is 2. The zero-order chi connectivity index (χ0) is 71.4. The molecule has 0 aliphatic carbocycles. The Balaban J connectivity index is 0.740. The smallest absolute Gasteiger partial charge is 0.311 e. The van der Waals surface area contributed by atoms with Gasteiger partial charge in [0.25, 0.3) is 0 Å². The van der Waals surface area contributed by atoms with Crippen LogP contribution in [-0.2, 0) is 41.5 Å². The van der Waals surface area contributed by atoms with Crippen LogP contribution in [0.5, 0.6) is 23.0 Å². The first-order valence-electron chi connectivity index (χ1n) is 40.1. The van der Waals surface area contributed by atoms with Crippen molar-refractivity contribution in [3.8, 4) is 23.0 Å². The lowest BCUT2D eigenvalue weighted by Crippen LogP contribution is -2.37. The maximum atomic E-state index is 13.2. The zero-order valence-electron chi connectivity index (χ0n) is 65.4. The molecule has 0 amide bonds. The number of benzene rings is 2. The van der Waals surface area contributed by atoms with Gasteiger partial charge in [-0.2, -0.15) is 11.8 Å². The second kappa shape index (κ2) is 42.7. The fourth-order valence-electron chi connectivity index (χ4n) is 16.1. The molecule has 0 spiro atoms. The van der Waals surface area contributed by atoms with Crippen LogP contribution in [0.25, 0.3) is 0 Å². The normalized spacial score (nSPS) is 19.9. The summed E-state index contributed by atoms with van der Waals surface area (Å²) < 4.78 is 37.0. The van der Waals surface area contributed by atoms with Gasteiger partial charge in [0.2, 0.25) is 0 Å². The van der Waals surface area contributed by atoms with Gasteiger partial charge < -0.3 is 38.2 Å². The summed E-state index contributed by atoms with van der Waals surface area (Å²) in [5.41, 5.74) is 7.73. The van der Waals surface area contributed by atoms with Gasteiger partial charge in [0.1, 0.15) is 34.2 Å². The average Bonchev–Trinajstić information content (AvgIpc) is 0.767. The number of likely N-dealkylation sites (tertiary alicyclic amines) is 2. The number of fused-ring (bicyclic) bond motifs is 2. The third-order valence-corrected chi connectivity index (χ3v) is 24.5. The topological polar surface area (TPSA) is 130 Å². The number of ether oxygens (including phenoxy) is 6. The van der Waals surface area contributed by atoms with Gasteiger partial charge in [-0.15, -0.1) is 0 Å². The Labute approximate surface area is 602 Å². The predicted octanol–water partition coefficient (Wildman–Crippen LogP) is 21.1. The molecular weight excluding hydrogens is 1240 g/mol. The molecule has 6 atom stereocenters. The number of carbonyl (C=O) groups excluding carboxylic acids is 4. The van der Waals surface area contributed by atoms with Crippen LogP contribution in [-0.4, -0.2) is 109 Å². The lowest BCUT2D eigenvalue weighted by molar-refractivity contribution is -0.147. The predicted molar refractivity (Wildman–Crippen MR) is 407 cm³/mol. The third-order valence-electron chi connectivity index (χ3n) is 23.5. The van der Waals surface area contributed by atoms with Crippen molar-refractivity contribution in [1.82, 2.24) is 9.80 Å². The highest BCUT2D eigenvalue weighted by Gasteiger charge is 2.37. The van der Waals surface area contributed by atoms with Crippen LogP contribution >= 0.6 is 11.8 Å². The highest BCUT2D eigenvalue weighted by molar-refractivity contribution is 7.99. The molecule has 0 radical (unpaired) electrons. The molecule has 0 aromatic heterocycles. The van der Waals surface area contributed by atoms with Crippen molar-refractivity contribution in [2.75, 3.05) is 64.0 Å². The minimum absolute atomic E-state index is 0.00672. The molecule has 4 aliphatic rings. The highest BCUT2D eigenvalue weighted by atomic mass is 32.2. The third kappa shape index (κ3) is 28.8. The van der Waals surface area contributed by atoms with Gasteiger partial charge in [0.05, 0.1) is 38.9 Å². The first-order chi connectivity index (χ1) is 46.7. The SMILES string of the molecule is Cc1c(C)c2c(c(C)c1OC(=O)CCC(=O)OCCC1CCN(CCCSCCN3CCC(CCOC(=O)CCC(=O)Oc4c(C)c(C)c5c(c4C)CCC(C)(CCCC(C)CCCC(C)CCCC(C)C)O5)CC3)CC1)CCC(C)(CCCC(C)CCCC(C)CCCC(C)C)O2. The summed E-state index contributed by atoms with van der Waals surface area (Å²) in [6, 6.07) is 0. The van der Waals surface area contributed by atoms with Crippen molar-refractivity contribution >= 4 is 35.6 Å². The van der Waals surface area contributed by atoms with Crippen molar-refractivity contribution in [1.29, 1.82) is 0 Å². The van der Waals surface area contributed by atoms with E-state index in [4.69, 9.17) is 28.4 Å². The van der Waals surface area contributed by atoms with E-state index in [1.54, 1.807) is 0 Å². The Morgan fingerprint density at radius 3 is 1.16 bits per heavy atom. The summed E-state index contributed by atoms with van der Waals surface area (Å²) in [4.78, 5) is 57.1. The lowest BCUT2D eigenvalue weighted by Gasteiger charge is -2.38. The van der Waals surface area contributed by atoms with E-state index >= 15 is 0 Å². The maximum Gasteiger partial charge on any atom is 0.311 e. The van der Waals surface area contributed by atoms with Crippen LogP contribution in [0.4, 0.5) is 0 Å². The van der Waals surface area contributed by atoms with Crippen LogP contribution in [0, 0.1) is 88.9 Å². The molecule has 0 N–H and O–H groups in total. The van der Waals surface area contributed by atoms with Gasteiger partial charge in [0.15, 0.2) is 0 Å². The zero-order valence-corrected chi connectivity index (χ0v) is 66.2. The van der Waals surface area contributed by atoms with Gasteiger partial charge in [-0.05, 0) is 271 Å². The van der Waals surface area contributed by atoms with Gasteiger partial charge in [-0.25, -0.2) is 0 Å². The standard InChI is InChI=1S/C85H142N2O10S/c1-60(2)24-17-26-62(5)28-19-30-64(7)32-21-46-84(15)48-38-74-70(13)80(66(9)68(11)82(74)96-84)94-78(90)36-34-76(88)92-56-44-72-40-51-86(52-41-72)50-23-58-98-59-55-87-53-42-73(43-54-87)45-57-93-77(89)35-37-79(91)95-81-67(10)69(12)83-75(71(81)14)39-49-85(16,97-83)47-22-33-65(8)31-20-29-63(6)27-18-25-61(3)4/h60-65,72-73H,17-59H2,1-16H3. The Kier molecular flexibility index (Phi) is 36.2. The number of thioether (sulfide) groups is 1. The number of carbonyl (C=O) groups is 4. The van der Waals surface area contributed by atoms with E-state index < -0.39 is 11.9 Å². The Morgan fingerprint density at radius 1 is 0.439 bits per heavy atom. The summed E-state index contributed by atoms with van der Waals surface area (Å²) in [5.74, 6) is 9.84. The first-order valence-corrected chi connectivity index (χ1v) is 41.3. The van der Waals surface area contributed by atoms with Crippen LogP contribution in [0.3, 0.4) is 0 Å². The summed E-state index contributed by atoms with van der Waals surface area (Å²) in [7, 11) is 0. The van der Waals surface area contributed by atoms with Crippen LogP contribution in [0.1, 0.15) is 313 Å². The summed E-state index contributed by atoms with van der Waals surface area (Å²) in [6.45, 7) is 43.2. The van der Waals surface area contributed by atoms with Crippen LogP contribution < -0.4 is 18.9 Å². The Hall–Kier alpha value is -3.81. The van der Waals surface area contributed by atoms with Crippen LogP contribution in [0.15, 0.2) is 0 Å². The van der Waals surface area contributed by atoms with E-state index in [0.717, 1.165) is 214 Å². The van der Waals surface area contributed by atoms with Gasteiger partial charge in [-0.3, -0.25) is 19.2 Å². The molecule has 13 heteroatoms. The van der Waals surface area contributed by atoms with Crippen molar-refractivity contribution in [3.05, 3.63) is 44.5 Å². The highest BCUT2D eigenvalue weighted by Crippen LogP contribution is 2.47. The van der Waals surface area contributed by atoms with E-state index in [1.165, 1.54) is 115 Å². The average molecular weight is 1380 g/mol. The Morgan fingerprint density at radius 2 is 0.786 bits per heavy atom. The fraction of sp³-hybridized carbons (Fsp3) is 0.812. The quantitative estimate of drug-likeness (QED) is 0.0355. The van der Waals surface area contributed by atoms with Crippen LogP contribution in [0.2, 0.25) is 0 Å². The number of hydrogen-bond acceptors (Lipinski definition) is 13. The Bertz CT molecular complexity index is 2560. The van der Waals surface area contributed by atoms with Gasteiger partial charge in [-0.1, -0.05) is 145 Å². The van der Waals surface area contributed by atoms with E-state index in [-0.39, 0.29) is 48.8 Å². The minimum atomic E-state index is -0.403. The largest absolute Gasteiger partial charge is 0.487 e. The molecule has 2 aromatic rings. The van der Waals surface area contributed by atoms with Crippen molar-refractivity contribution < 1.29 is 47.6 Å². The molecule has 0 bridgehead atoms. The first kappa shape index (κ1) is 83.1. The molecule has 4 aliphatic heterocycles. The molecule has 6 unspecified atom stereocenters. The summed E-state index contributed by atoms with van der Waals surface area (Å²) in [6.07, 6.45) is 34.2. The van der Waals surface area contributed by atoms with Gasteiger partial charge >= 0.3 is 23.9 Å². The molecule has 6 rings (SSSR count). The molecule has 2 fully saturated rings. The minimum Gasteiger partial charge on any atom is -0.487 e. The molecule has 4 heterocycles. The number of rotatable bonds is 45. The van der Waals surface area contributed by atoms with Crippen molar-refractivity contribution in [2.24, 2.45) is 47.3 Å². The van der Waals surface area contributed by atoms with E-state index in [9.17, 15) is 19.2 Å². The molecule has 558 valence electrons. The molecule has 98 heavy (non-hydrogen) atoms. The summed E-state index contributed by atoms with van der Waals surface area (Å²) in [5, 5.41) is 0. The molecule has 2 saturated heterocycles. The monoisotopic (exact) mass is 1380 g/mol. The number of hydrogen-bond donors (Lipinski definition) is 0. The lowest BCUT2D eigenvalue weighted by atomic mass is 9.83. The van der Waals surface area contributed by atoms with Crippen molar-refractivity contribution in [3.63, 3.8) is 0 Å². The van der Waals surface area contributed by atoms with Crippen molar-refractivity contribution in [2.45, 2.75) is 334 Å². The summed E-state index contributed by atoms with van der Waals surface area (Å²) >= 11 is 2.06. The number of piperidine rings is 2. The molecule has 12 nitrogen and oxygen atoms in total. The van der Waals surface area contributed by atoms with Gasteiger partial charge in [0, 0.05) is 23.4 Å².